The molecule has 1 aromatic rings. The number of hydrogen-bond acceptors (Lipinski definition) is 3. The molecule has 1 aliphatic rings. The van der Waals surface area contributed by atoms with Gasteiger partial charge >= 0.3 is 0 Å². The molecular formula is C20H34IN3O2. The number of hydrogen-bond donors (Lipinski definition) is 1. The molecule has 2 rings (SSSR count). The smallest absolute Gasteiger partial charge is 0.193 e. The molecule has 1 aliphatic heterocycles. The van der Waals surface area contributed by atoms with E-state index in [9.17, 15) is 0 Å². The number of aliphatic imine (C=N–C) groups is 1. The van der Waals surface area contributed by atoms with Crippen molar-refractivity contribution in [3.63, 3.8) is 0 Å². The van der Waals surface area contributed by atoms with Gasteiger partial charge in [0.15, 0.2) is 17.5 Å². The summed E-state index contributed by atoms with van der Waals surface area (Å²) in [5.74, 6) is 2.62. The first kappa shape index (κ1) is 22.9. The summed E-state index contributed by atoms with van der Waals surface area (Å²) in [7, 11) is 3.33. The van der Waals surface area contributed by atoms with Gasteiger partial charge in [-0.05, 0) is 49.3 Å². The SMILES string of the molecule is CCNC(=NCCCc1ccc(OC)c(OC)c1)N1CCC(C)(C)C1.I. The highest BCUT2D eigenvalue weighted by Crippen LogP contribution is 2.29. The Bertz CT molecular complexity index is 590. The lowest BCUT2D eigenvalue weighted by molar-refractivity contribution is 0.354. The molecule has 0 spiro atoms. The molecule has 0 aromatic heterocycles. The third kappa shape index (κ3) is 6.52. The van der Waals surface area contributed by atoms with E-state index in [1.165, 1.54) is 12.0 Å². The second kappa shape index (κ2) is 10.8. The Morgan fingerprint density at radius 2 is 1.96 bits per heavy atom. The second-order valence-corrected chi connectivity index (χ2v) is 7.36. The van der Waals surface area contributed by atoms with Gasteiger partial charge < -0.3 is 19.7 Å². The topological polar surface area (TPSA) is 46.1 Å². The van der Waals surface area contributed by atoms with E-state index in [2.05, 4.69) is 43.1 Å². The zero-order chi connectivity index (χ0) is 18.3. The van der Waals surface area contributed by atoms with Crippen LogP contribution in [0.15, 0.2) is 23.2 Å². The average molecular weight is 475 g/mol. The number of rotatable bonds is 7. The molecular weight excluding hydrogens is 441 g/mol. The molecule has 0 atom stereocenters. The fourth-order valence-corrected chi connectivity index (χ4v) is 3.22. The summed E-state index contributed by atoms with van der Waals surface area (Å²) in [5.41, 5.74) is 1.63. The van der Waals surface area contributed by atoms with E-state index < -0.39 is 0 Å². The van der Waals surface area contributed by atoms with Crippen LogP contribution in [-0.2, 0) is 6.42 Å². The fourth-order valence-electron chi connectivity index (χ4n) is 3.22. The van der Waals surface area contributed by atoms with Crippen LogP contribution in [0.4, 0.5) is 0 Å². The van der Waals surface area contributed by atoms with Gasteiger partial charge in [-0.1, -0.05) is 19.9 Å². The maximum absolute atomic E-state index is 5.37. The summed E-state index contributed by atoms with van der Waals surface area (Å²) >= 11 is 0. The molecule has 5 nitrogen and oxygen atoms in total. The van der Waals surface area contributed by atoms with Crippen molar-refractivity contribution in [3.05, 3.63) is 23.8 Å². The first-order valence-electron chi connectivity index (χ1n) is 9.23. The van der Waals surface area contributed by atoms with Gasteiger partial charge in [0.05, 0.1) is 14.2 Å². The standard InChI is InChI=1S/C20H33N3O2.HI/c1-6-21-19(23-13-11-20(2,3)15-23)22-12-7-8-16-9-10-17(24-4)18(14-16)25-5;/h9-10,14H,6-8,11-13,15H2,1-5H3,(H,21,22);1H. The maximum Gasteiger partial charge on any atom is 0.193 e. The van der Waals surface area contributed by atoms with Crippen LogP contribution in [0.3, 0.4) is 0 Å². The Labute approximate surface area is 175 Å². The third-order valence-electron chi connectivity index (χ3n) is 4.64. The molecule has 1 N–H and O–H groups in total. The number of ether oxygens (including phenoxy) is 2. The zero-order valence-electron chi connectivity index (χ0n) is 16.8. The molecule has 0 radical (unpaired) electrons. The zero-order valence-corrected chi connectivity index (χ0v) is 19.1. The number of aryl methyl sites for hydroxylation is 1. The highest BCUT2D eigenvalue weighted by molar-refractivity contribution is 14.0. The maximum atomic E-state index is 5.37. The molecule has 1 fully saturated rings. The molecule has 0 amide bonds. The van der Waals surface area contributed by atoms with Crippen molar-refractivity contribution in [2.24, 2.45) is 10.4 Å². The van der Waals surface area contributed by atoms with Gasteiger partial charge in [0.1, 0.15) is 0 Å². The number of methoxy groups -OCH3 is 2. The van der Waals surface area contributed by atoms with Crippen molar-refractivity contribution in [3.8, 4) is 11.5 Å². The number of nitrogens with zero attached hydrogens (tertiary/aromatic N) is 2. The molecule has 148 valence electrons. The van der Waals surface area contributed by atoms with Crippen LogP contribution >= 0.6 is 24.0 Å². The Balaban J connectivity index is 0.00000338. The van der Waals surface area contributed by atoms with E-state index in [0.29, 0.717) is 5.41 Å². The summed E-state index contributed by atoms with van der Waals surface area (Å²) in [6, 6.07) is 6.11. The minimum atomic E-state index is 0. The van der Waals surface area contributed by atoms with Gasteiger partial charge in [0.2, 0.25) is 0 Å². The van der Waals surface area contributed by atoms with Crippen LogP contribution in [0.1, 0.15) is 39.2 Å². The van der Waals surface area contributed by atoms with Crippen molar-refractivity contribution in [1.82, 2.24) is 10.2 Å². The summed E-state index contributed by atoms with van der Waals surface area (Å²) in [6.45, 7) is 10.7. The van der Waals surface area contributed by atoms with Crippen molar-refractivity contribution >= 4 is 29.9 Å². The fraction of sp³-hybridized carbons (Fsp3) is 0.650. The molecule has 6 heteroatoms. The van der Waals surface area contributed by atoms with Crippen LogP contribution < -0.4 is 14.8 Å². The molecule has 0 unspecified atom stereocenters. The summed E-state index contributed by atoms with van der Waals surface area (Å²) in [5, 5.41) is 3.43. The van der Waals surface area contributed by atoms with E-state index in [-0.39, 0.29) is 24.0 Å². The van der Waals surface area contributed by atoms with Crippen molar-refractivity contribution in [1.29, 1.82) is 0 Å². The van der Waals surface area contributed by atoms with E-state index in [1.807, 2.05) is 6.07 Å². The Morgan fingerprint density at radius 3 is 2.54 bits per heavy atom. The predicted octanol–water partition coefficient (Wildman–Crippen LogP) is 3.95. The molecule has 26 heavy (non-hydrogen) atoms. The summed E-state index contributed by atoms with van der Waals surface area (Å²) in [4.78, 5) is 7.22. The number of guanidine groups is 1. The van der Waals surface area contributed by atoms with Crippen LogP contribution in [0.5, 0.6) is 11.5 Å². The normalized spacial score (nSPS) is 16.2. The summed E-state index contributed by atoms with van der Waals surface area (Å²) in [6.07, 6.45) is 3.22. The predicted molar refractivity (Wildman–Crippen MR) is 119 cm³/mol. The highest BCUT2D eigenvalue weighted by Gasteiger charge is 2.30. The quantitative estimate of drug-likeness (QED) is 0.281. The van der Waals surface area contributed by atoms with Crippen molar-refractivity contribution in [2.75, 3.05) is 40.4 Å². The van der Waals surface area contributed by atoms with E-state index in [0.717, 1.165) is 56.5 Å². The largest absolute Gasteiger partial charge is 0.493 e. The van der Waals surface area contributed by atoms with Crippen LogP contribution in [0, 0.1) is 5.41 Å². The van der Waals surface area contributed by atoms with Crippen molar-refractivity contribution in [2.45, 2.75) is 40.0 Å². The number of halogens is 1. The molecule has 0 bridgehead atoms. The first-order valence-corrected chi connectivity index (χ1v) is 9.23. The van der Waals surface area contributed by atoms with Gasteiger partial charge in [-0.15, -0.1) is 24.0 Å². The third-order valence-corrected chi connectivity index (χ3v) is 4.64. The van der Waals surface area contributed by atoms with Gasteiger partial charge in [-0.2, -0.15) is 0 Å². The van der Waals surface area contributed by atoms with E-state index >= 15 is 0 Å². The number of likely N-dealkylation sites (tertiary alicyclic amines) is 1. The molecule has 1 saturated heterocycles. The van der Waals surface area contributed by atoms with Gasteiger partial charge in [0.25, 0.3) is 0 Å². The molecule has 1 aromatic carbocycles. The van der Waals surface area contributed by atoms with Crippen LogP contribution in [-0.4, -0.2) is 51.3 Å². The van der Waals surface area contributed by atoms with Crippen LogP contribution in [0.25, 0.3) is 0 Å². The van der Waals surface area contributed by atoms with E-state index in [1.54, 1.807) is 14.2 Å². The monoisotopic (exact) mass is 475 g/mol. The van der Waals surface area contributed by atoms with Gasteiger partial charge in [0, 0.05) is 26.2 Å². The Kier molecular flexibility index (Phi) is 9.54. The minimum Gasteiger partial charge on any atom is -0.493 e. The van der Waals surface area contributed by atoms with Crippen molar-refractivity contribution < 1.29 is 9.47 Å². The number of benzene rings is 1. The van der Waals surface area contributed by atoms with Gasteiger partial charge in [-0.3, -0.25) is 4.99 Å². The first-order chi connectivity index (χ1) is 12.0. The van der Waals surface area contributed by atoms with Gasteiger partial charge in [-0.25, -0.2) is 0 Å². The number of nitrogens with one attached hydrogen (secondary N) is 1. The second-order valence-electron chi connectivity index (χ2n) is 7.36. The lowest BCUT2D eigenvalue weighted by atomic mass is 9.93. The lowest BCUT2D eigenvalue weighted by Gasteiger charge is -2.23. The summed E-state index contributed by atoms with van der Waals surface area (Å²) < 4.78 is 10.7. The molecule has 0 saturated carbocycles. The lowest BCUT2D eigenvalue weighted by Crippen LogP contribution is -2.40. The Hall–Kier alpha value is -1.18. The van der Waals surface area contributed by atoms with Crippen LogP contribution in [0.2, 0.25) is 0 Å². The Morgan fingerprint density at radius 1 is 1.23 bits per heavy atom. The molecule has 0 aliphatic carbocycles. The minimum absolute atomic E-state index is 0. The highest BCUT2D eigenvalue weighted by atomic mass is 127. The molecule has 1 heterocycles. The van der Waals surface area contributed by atoms with E-state index in [4.69, 9.17) is 14.5 Å². The average Bonchev–Trinajstić information content (AvgIpc) is 2.97.